The summed E-state index contributed by atoms with van der Waals surface area (Å²) in [6.45, 7) is 4.34. The van der Waals surface area contributed by atoms with E-state index in [0.717, 1.165) is 12.2 Å². The topological polar surface area (TPSA) is 70.9 Å². The van der Waals surface area contributed by atoms with Crippen LogP contribution in [0, 0.1) is 0 Å². The van der Waals surface area contributed by atoms with E-state index in [2.05, 4.69) is 10.5 Å². The number of hydrazone groups is 1. The van der Waals surface area contributed by atoms with Gasteiger partial charge in [-0.05, 0) is 55.8 Å². The summed E-state index contributed by atoms with van der Waals surface area (Å²) < 4.78 is 5.47. The Hall–Kier alpha value is -2.53. The number of hydrogen-bond acceptors (Lipinski definition) is 4. The molecule has 0 radical (unpaired) electrons. The average molecular weight is 347 g/mol. The van der Waals surface area contributed by atoms with Crippen molar-refractivity contribution in [2.24, 2.45) is 5.10 Å². The summed E-state index contributed by atoms with van der Waals surface area (Å²) in [5.74, 6) is 0.419. The standard InChI is InChI=1S/C18H19ClN2O3/c1-3-10-24-15-7-4-13(5-8-15)18(23)21-20-12(2)16-11-14(19)6-9-17(16)22/h4-9,11,22H,3,10H2,1-2H3,(H,21,23)/b20-12+. The minimum Gasteiger partial charge on any atom is -0.507 e. The van der Waals surface area contributed by atoms with Crippen LogP contribution in [0.4, 0.5) is 0 Å². The molecular weight excluding hydrogens is 328 g/mol. The van der Waals surface area contributed by atoms with Crippen molar-refractivity contribution < 1.29 is 14.6 Å². The van der Waals surface area contributed by atoms with Crippen LogP contribution in [0.1, 0.15) is 36.2 Å². The van der Waals surface area contributed by atoms with Crippen LogP contribution in [0.5, 0.6) is 11.5 Å². The van der Waals surface area contributed by atoms with Gasteiger partial charge in [-0.2, -0.15) is 5.10 Å². The predicted molar refractivity (Wildman–Crippen MR) is 95.0 cm³/mol. The van der Waals surface area contributed by atoms with E-state index in [1.807, 2.05) is 6.92 Å². The molecule has 5 nitrogen and oxygen atoms in total. The lowest BCUT2D eigenvalue weighted by Crippen LogP contribution is -2.19. The van der Waals surface area contributed by atoms with Gasteiger partial charge in [-0.1, -0.05) is 18.5 Å². The van der Waals surface area contributed by atoms with E-state index in [4.69, 9.17) is 16.3 Å². The lowest BCUT2D eigenvalue weighted by molar-refractivity contribution is 0.0955. The molecule has 0 aromatic heterocycles. The first-order valence-corrected chi connectivity index (χ1v) is 7.95. The highest BCUT2D eigenvalue weighted by molar-refractivity contribution is 6.31. The van der Waals surface area contributed by atoms with Crippen LogP contribution in [-0.2, 0) is 0 Å². The summed E-state index contributed by atoms with van der Waals surface area (Å²) in [6, 6.07) is 11.5. The quantitative estimate of drug-likeness (QED) is 0.613. The number of rotatable bonds is 6. The highest BCUT2D eigenvalue weighted by Gasteiger charge is 2.08. The van der Waals surface area contributed by atoms with Crippen LogP contribution in [0.2, 0.25) is 5.02 Å². The van der Waals surface area contributed by atoms with E-state index >= 15 is 0 Å². The molecule has 0 aliphatic heterocycles. The maximum absolute atomic E-state index is 12.1. The van der Waals surface area contributed by atoms with Crippen molar-refractivity contribution in [3.8, 4) is 11.5 Å². The van der Waals surface area contributed by atoms with Gasteiger partial charge in [-0.15, -0.1) is 0 Å². The summed E-state index contributed by atoms with van der Waals surface area (Å²) in [4.78, 5) is 12.1. The summed E-state index contributed by atoms with van der Waals surface area (Å²) in [7, 11) is 0. The van der Waals surface area contributed by atoms with E-state index in [1.54, 1.807) is 43.3 Å². The van der Waals surface area contributed by atoms with Crippen LogP contribution < -0.4 is 10.2 Å². The largest absolute Gasteiger partial charge is 0.507 e. The number of halogens is 1. The van der Waals surface area contributed by atoms with E-state index < -0.39 is 0 Å². The molecule has 6 heteroatoms. The number of carbonyl (C=O) groups is 1. The van der Waals surface area contributed by atoms with Crippen molar-refractivity contribution in [3.05, 3.63) is 58.6 Å². The van der Waals surface area contributed by atoms with Crippen molar-refractivity contribution in [2.45, 2.75) is 20.3 Å². The Kier molecular flexibility index (Phi) is 6.21. The highest BCUT2D eigenvalue weighted by atomic mass is 35.5. The Balaban J connectivity index is 2.05. The monoisotopic (exact) mass is 346 g/mol. The molecule has 0 bridgehead atoms. The third kappa shape index (κ3) is 4.73. The first-order valence-electron chi connectivity index (χ1n) is 7.57. The maximum atomic E-state index is 12.1. The summed E-state index contributed by atoms with van der Waals surface area (Å²) in [5, 5.41) is 14.3. The second-order valence-corrected chi connectivity index (χ2v) is 5.61. The average Bonchev–Trinajstić information content (AvgIpc) is 2.60. The molecule has 2 N–H and O–H groups in total. The molecule has 2 aromatic carbocycles. The van der Waals surface area contributed by atoms with Crippen molar-refractivity contribution >= 4 is 23.2 Å². The number of phenols is 1. The molecule has 0 fully saturated rings. The Morgan fingerprint density at radius 2 is 1.96 bits per heavy atom. The summed E-state index contributed by atoms with van der Waals surface area (Å²) in [5.41, 5.74) is 3.84. The third-order valence-corrected chi connectivity index (χ3v) is 3.50. The van der Waals surface area contributed by atoms with Gasteiger partial charge in [0.25, 0.3) is 5.91 Å². The number of phenolic OH excluding ortho intramolecular Hbond substituents is 1. The molecule has 0 heterocycles. The molecule has 24 heavy (non-hydrogen) atoms. The molecule has 1 amide bonds. The van der Waals surface area contributed by atoms with Crippen LogP contribution in [0.25, 0.3) is 0 Å². The number of amides is 1. The zero-order valence-electron chi connectivity index (χ0n) is 13.5. The Labute approximate surface area is 145 Å². The number of nitrogens with zero attached hydrogens (tertiary/aromatic N) is 1. The second kappa shape index (κ2) is 8.36. The first-order chi connectivity index (χ1) is 11.5. The Bertz CT molecular complexity index is 742. The number of benzene rings is 2. The molecule has 126 valence electrons. The number of carbonyl (C=O) groups excluding carboxylic acids is 1. The van der Waals surface area contributed by atoms with Crippen LogP contribution in [0.3, 0.4) is 0 Å². The van der Waals surface area contributed by atoms with E-state index in [-0.39, 0.29) is 11.7 Å². The number of nitrogens with one attached hydrogen (secondary N) is 1. The molecule has 0 saturated carbocycles. The van der Waals surface area contributed by atoms with Gasteiger partial charge in [0.05, 0.1) is 12.3 Å². The molecule has 0 aliphatic rings. The van der Waals surface area contributed by atoms with E-state index in [9.17, 15) is 9.90 Å². The van der Waals surface area contributed by atoms with Crippen molar-refractivity contribution in [1.82, 2.24) is 5.43 Å². The van der Waals surface area contributed by atoms with Crippen LogP contribution in [-0.4, -0.2) is 23.3 Å². The zero-order valence-corrected chi connectivity index (χ0v) is 14.3. The normalized spacial score (nSPS) is 11.2. The third-order valence-electron chi connectivity index (χ3n) is 3.26. The highest BCUT2D eigenvalue weighted by Crippen LogP contribution is 2.22. The van der Waals surface area contributed by atoms with Crippen LogP contribution in [0.15, 0.2) is 47.6 Å². The first kappa shape index (κ1) is 17.8. The van der Waals surface area contributed by atoms with Crippen molar-refractivity contribution in [3.63, 3.8) is 0 Å². The lowest BCUT2D eigenvalue weighted by Gasteiger charge is -2.07. The molecule has 0 atom stereocenters. The maximum Gasteiger partial charge on any atom is 0.271 e. The molecule has 2 aromatic rings. The second-order valence-electron chi connectivity index (χ2n) is 5.17. The van der Waals surface area contributed by atoms with Gasteiger partial charge in [-0.3, -0.25) is 4.79 Å². The molecule has 0 unspecified atom stereocenters. The molecule has 0 aliphatic carbocycles. The molecular formula is C18H19ClN2O3. The number of aromatic hydroxyl groups is 1. The Morgan fingerprint density at radius 1 is 1.25 bits per heavy atom. The minimum absolute atomic E-state index is 0.0484. The lowest BCUT2D eigenvalue weighted by atomic mass is 10.1. The van der Waals surface area contributed by atoms with E-state index in [0.29, 0.717) is 28.5 Å². The SMILES string of the molecule is CCCOc1ccc(C(=O)N/N=C(\C)c2cc(Cl)ccc2O)cc1. The Morgan fingerprint density at radius 3 is 2.62 bits per heavy atom. The molecule has 0 spiro atoms. The van der Waals surface area contributed by atoms with Gasteiger partial charge in [0.15, 0.2) is 0 Å². The minimum atomic E-state index is -0.349. The van der Waals surface area contributed by atoms with Gasteiger partial charge in [0.2, 0.25) is 0 Å². The van der Waals surface area contributed by atoms with Crippen LogP contribution >= 0.6 is 11.6 Å². The van der Waals surface area contributed by atoms with Gasteiger partial charge in [0, 0.05) is 16.1 Å². The van der Waals surface area contributed by atoms with Gasteiger partial charge < -0.3 is 9.84 Å². The fourth-order valence-corrected chi connectivity index (χ4v) is 2.15. The van der Waals surface area contributed by atoms with Gasteiger partial charge in [0.1, 0.15) is 11.5 Å². The summed E-state index contributed by atoms with van der Waals surface area (Å²) in [6.07, 6.45) is 0.923. The summed E-state index contributed by atoms with van der Waals surface area (Å²) >= 11 is 5.91. The number of hydrogen-bond donors (Lipinski definition) is 2. The van der Waals surface area contributed by atoms with Gasteiger partial charge in [-0.25, -0.2) is 5.43 Å². The van der Waals surface area contributed by atoms with Crippen molar-refractivity contribution in [1.29, 1.82) is 0 Å². The predicted octanol–water partition coefficient (Wildman–Crippen LogP) is 3.99. The number of ether oxygens (including phenoxy) is 1. The van der Waals surface area contributed by atoms with Crippen molar-refractivity contribution in [2.75, 3.05) is 6.61 Å². The van der Waals surface area contributed by atoms with E-state index in [1.165, 1.54) is 6.07 Å². The molecule has 0 saturated heterocycles. The smallest absolute Gasteiger partial charge is 0.271 e. The fourth-order valence-electron chi connectivity index (χ4n) is 1.98. The van der Waals surface area contributed by atoms with Gasteiger partial charge >= 0.3 is 0 Å². The molecule has 2 rings (SSSR count). The fraction of sp³-hybridized carbons (Fsp3) is 0.222. The zero-order chi connectivity index (χ0) is 17.5.